The third kappa shape index (κ3) is 6.66. The number of amides is 2. The maximum atomic E-state index is 13.5. The van der Waals surface area contributed by atoms with Crippen molar-refractivity contribution in [2.45, 2.75) is 13.3 Å². The average Bonchev–Trinajstić information content (AvgIpc) is 2.55. The molecule has 0 aliphatic rings. The van der Waals surface area contributed by atoms with Gasteiger partial charge in [-0.2, -0.15) is 0 Å². The predicted octanol–water partition coefficient (Wildman–Crippen LogP) is 2.69. The van der Waals surface area contributed by atoms with Gasteiger partial charge in [-0.3, -0.25) is 14.3 Å². The van der Waals surface area contributed by atoms with Crippen molar-refractivity contribution in [3.05, 3.63) is 54.1 Å². The minimum absolute atomic E-state index is 0.214. The van der Waals surface area contributed by atoms with Gasteiger partial charge in [0, 0.05) is 25.1 Å². The van der Waals surface area contributed by atoms with E-state index in [0.29, 0.717) is 11.8 Å². The summed E-state index contributed by atoms with van der Waals surface area (Å²) in [6, 6.07) is 8.67. The van der Waals surface area contributed by atoms with E-state index in [2.05, 4.69) is 15.4 Å². The molecule has 2 aromatic carbocycles. The first-order valence-corrected chi connectivity index (χ1v) is 9.43. The smallest absolute Gasteiger partial charge is 0.233 e. The Bertz CT molecular complexity index is 964. The Balaban J connectivity index is 1.94. The van der Waals surface area contributed by atoms with Gasteiger partial charge in [-0.1, -0.05) is 6.07 Å². The van der Waals surface area contributed by atoms with Crippen LogP contribution in [0, 0.1) is 11.6 Å². The molecule has 0 spiro atoms. The SMILES string of the molecule is CC(=O)Nc1cccc(NS(=O)(=O)CCC(=O)Nc2ccc(F)cc2F)c1. The van der Waals surface area contributed by atoms with Crippen LogP contribution in [-0.2, 0) is 19.6 Å². The molecule has 0 unspecified atom stereocenters. The zero-order valence-corrected chi connectivity index (χ0v) is 15.1. The molecular weight excluding hydrogens is 380 g/mol. The standard InChI is InChI=1S/C17H17F2N3O4S/c1-11(23)20-13-3-2-4-14(10-13)22-27(25,26)8-7-17(24)21-16-6-5-12(18)9-15(16)19/h2-6,9-10,22H,7-8H2,1H3,(H,20,23)(H,21,24). The first-order chi connectivity index (χ1) is 12.6. The molecule has 0 bridgehead atoms. The van der Waals surface area contributed by atoms with Crippen molar-refractivity contribution < 1.29 is 26.8 Å². The number of carbonyl (C=O) groups excluding carboxylic acids is 2. The van der Waals surface area contributed by atoms with Crippen LogP contribution in [0.1, 0.15) is 13.3 Å². The molecule has 0 radical (unpaired) electrons. The highest BCUT2D eigenvalue weighted by molar-refractivity contribution is 7.92. The topological polar surface area (TPSA) is 104 Å². The van der Waals surface area contributed by atoms with E-state index in [1.54, 1.807) is 12.1 Å². The molecule has 3 N–H and O–H groups in total. The number of hydrogen-bond donors (Lipinski definition) is 3. The molecule has 0 heterocycles. The van der Waals surface area contributed by atoms with E-state index in [4.69, 9.17) is 0 Å². The van der Waals surface area contributed by atoms with Crippen LogP contribution in [0.4, 0.5) is 25.8 Å². The molecule has 0 aromatic heterocycles. The van der Waals surface area contributed by atoms with Crippen LogP contribution in [0.5, 0.6) is 0 Å². The van der Waals surface area contributed by atoms with Gasteiger partial charge in [-0.25, -0.2) is 17.2 Å². The summed E-state index contributed by atoms with van der Waals surface area (Å²) >= 11 is 0. The lowest BCUT2D eigenvalue weighted by molar-refractivity contribution is -0.116. The molecule has 27 heavy (non-hydrogen) atoms. The van der Waals surface area contributed by atoms with Gasteiger partial charge in [-0.05, 0) is 30.3 Å². The van der Waals surface area contributed by atoms with Gasteiger partial charge in [0.2, 0.25) is 21.8 Å². The second kappa shape index (κ2) is 8.58. The molecule has 2 aromatic rings. The van der Waals surface area contributed by atoms with E-state index in [9.17, 15) is 26.8 Å². The maximum Gasteiger partial charge on any atom is 0.233 e. The third-order valence-electron chi connectivity index (χ3n) is 3.26. The van der Waals surface area contributed by atoms with Gasteiger partial charge < -0.3 is 10.6 Å². The highest BCUT2D eigenvalue weighted by atomic mass is 32.2. The molecular formula is C17H17F2N3O4S. The first-order valence-electron chi connectivity index (χ1n) is 7.78. The molecule has 7 nitrogen and oxygen atoms in total. The van der Waals surface area contributed by atoms with E-state index < -0.39 is 39.7 Å². The fourth-order valence-corrected chi connectivity index (χ4v) is 3.17. The van der Waals surface area contributed by atoms with Crippen molar-refractivity contribution in [3.63, 3.8) is 0 Å². The highest BCUT2D eigenvalue weighted by Gasteiger charge is 2.15. The summed E-state index contributed by atoms with van der Waals surface area (Å²) in [6.07, 6.45) is -0.433. The summed E-state index contributed by atoms with van der Waals surface area (Å²) in [7, 11) is -3.86. The Morgan fingerprint density at radius 2 is 1.70 bits per heavy atom. The van der Waals surface area contributed by atoms with Crippen molar-refractivity contribution in [2.24, 2.45) is 0 Å². The largest absolute Gasteiger partial charge is 0.326 e. The van der Waals surface area contributed by atoms with Crippen LogP contribution >= 0.6 is 0 Å². The summed E-state index contributed by atoms with van der Waals surface area (Å²) in [5.41, 5.74) is 0.383. The molecule has 0 aliphatic carbocycles. The lowest BCUT2D eigenvalue weighted by Crippen LogP contribution is -2.22. The van der Waals surface area contributed by atoms with Gasteiger partial charge >= 0.3 is 0 Å². The summed E-state index contributed by atoms with van der Waals surface area (Å²) in [4.78, 5) is 22.9. The summed E-state index contributed by atoms with van der Waals surface area (Å²) < 4.78 is 52.8. The minimum atomic E-state index is -3.86. The van der Waals surface area contributed by atoms with Crippen molar-refractivity contribution in [1.29, 1.82) is 0 Å². The molecule has 2 rings (SSSR count). The molecule has 144 valence electrons. The molecule has 0 saturated carbocycles. The molecule has 0 aliphatic heterocycles. The van der Waals surface area contributed by atoms with Crippen molar-refractivity contribution >= 4 is 38.9 Å². The van der Waals surface area contributed by atoms with Gasteiger partial charge in [0.25, 0.3) is 0 Å². The molecule has 0 fully saturated rings. The second-order valence-electron chi connectivity index (χ2n) is 5.61. The molecule has 0 atom stereocenters. The van der Waals surface area contributed by atoms with E-state index >= 15 is 0 Å². The van der Waals surface area contributed by atoms with Crippen LogP contribution in [0.2, 0.25) is 0 Å². The Morgan fingerprint density at radius 3 is 2.37 bits per heavy atom. The van der Waals surface area contributed by atoms with Gasteiger partial charge in [0.1, 0.15) is 11.6 Å². The number of nitrogens with one attached hydrogen (secondary N) is 3. The number of halogens is 2. The van der Waals surface area contributed by atoms with Crippen molar-refractivity contribution in [3.8, 4) is 0 Å². The van der Waals surface area contributed by atoms with E-state index in [0.717, 1.165) is 12.1 Å². The normalized spacial score (nSPS) is 10.9. The Hall–Kier alpha value is -3.01. The zero-order valence-electron chi connectivity index (χ0n) is 14.3. The van der Waals surface area contributed by atoms with Gasteiger partial charge in [0.15, 0.2) is 0 Å². The van der Waals surface area contributed by atoms with Gasteiger partial charge in [-0.15, -0.1) is 0 Å². The third-order valence-corrected chi connectivity index (χ3v) is 4.55. The second-order valence-corrected chi connectivity index (χ2v) is 7.45. The van der Waals surface area contributed by atoms with Crippen LogP contribution in [-0.4, -0.2) is 26.0 Å². The van der Waals surface area contributed by atoms with Crippen molar-refractivity contribution in [1.82, 2.24) is 0 Å². The number of anilines is 3. The Kier molecular flexibility index (Phi) is 6.45. The molecule has 0 saturated heterocycles. The fraction of sp³-hybridized carbons (Fsp3) is 0.176. The first kappa shape index (κ1) is 20.3. The maximum absolute atomic E-state index is 13.5. The fourth-order valence-electron chi connectivity index (χ4n) is 2.12. The summed E-state index contributed by atoms with van der Waals surface area (Å²) in [6.45, 7) is 1.32. The number of benzene rings is 2. The number of sulfonamides is 1. The zero-order chi connectivity index (χ0) is 20.0. The Labute approximate surface area is 154 Å². The minimum Gasteiger partial charge on any atom is -0.326 e. The number of carbonyl (C=O) groups is 2. The predicted molar refractivity (Wildman–Crippen MR) is 97.8 cm³/mol. The summed E-state index contributed by atoms with van der Waals surface area (Å²) in [5.74, 6) is -3.35. The van der Waals surface area contributed by atoms with Crippen LogP contribution in [0.15, 0.2) is 42.5 Å². The van der Waals surface area contributed by atoms with Crippen LogP contribution in [0.25, 0.3) is 0 Å². The molecule has 2 amide bonds. The molecule has 10 heteroatoms. The van der Waals surface area contributed by atoms with E-state index in [1.807, 2.05) is 0 Å². The van der Waals surface area contributed by atoms with Crippen LogP contribution < -0.4 is 15.4 Å². The summed E-state index contributed by atoms with van der Waals surface area (Å²) in [5, 5.41) is 4.70. The monoisotopic (exact) mass is 397 g/mol. The van der Waals surface area contributed by atoms with Crippen molar-refractivity contribution in [2.75, 3.05) is 21.1 Å². The lowest BCUT2D eigenvalue weighted by Gasteiger charge is -2.10. The van der Waals surface area contributed by atoms with Crippen LogP contribution in [0.3, 0.4) is 0 Å². The number of rotatable bonds is 7. The van der Waals surface area contributed by atoms with E-state index in [-0.39, 0.29) is 17.3 Å². The van der Waals surface area contributed by atoms with E-state index in [1.165, 1.54) is 19.1 Å². The quantitative estimate of drug-likeness (QED) is 0.668. The van der Waals surface area contributed by atoms with Gasteiger partial charge in [0.05, 0.1) is 17.1 Å². The lowest BCUT2D eigenvalue weighted by atomic mass is 10.3. The Morgan fingerprint density at radius 1 is 1.00 bits per heavy atom. The average molecular weight is 397 g/mol. The number of hydrogen-bond acceptors (Lipinski definition) is 4. The highest BCUT2D eigenvalue weighted by Crippen LogP contribution is 2.17.